The van der Waals surface area contributed by atoms with Gasteiger partial charge in [-0.1, -0.05) is 74.1 Å². The molecule has 2 unspecified atom stereocenters. The van der Waals surface area contributed by atoms with Gasteiger partial charge in [-0.2, -0.15) is 35.3 Å². The van der Waals surface area contributed by atoms with Gasteiger partial charge >= 0.3 is 0 Å². The molecule has 0 aliphatic heterocycles. The lowest BCUT2D eigenvalue weighted by Crippen LogP contribution is -2.25. The lowest BCUT2D eigenvalue weighted by atomic mass is 9.90. The van der Waals surface area contributed by atoms with Gasteiger partial charge in [0.25, 0.3) is 5.95 Å². The minimum atomic E-state index is -0.600. The van der Waals surface area contributed by atoms with Crippen molar-refractivity contribution in [3.05, 3.63) is 29.5 Å². The Balaban J connectivity index is 2.20. The number of nitrogens with zero attached hydrogens (tertiary/aromatic N) is 10. The highest BCUT2D eigenvalue weighted by molar-refractivity contribution is 5.93. The maximum Gasteiger partial charge on any atom is 0.259 e. The molecular weight excluding hydrogens is 711 g/mol. The van der Waals surface area contributed by atoms with E-state index in [1.807, 2.05) is 45.6 Å². The van der Waals surface area contributed by atoms with Crippen LogP contribution in [0.1, 0.15) is 131 Å². The Kier molecular flexibility index (Phi) is 17.8. The van der Waals surface area contributed by atoms with E-state index in [1.165, 1.54) is 11.6 Å². The first-order valence-electron chi connectivity index (χ1n) is 19.7. The smallest absolute Gasteiger partial charge is 0.259 e. The van der Waals surface area contributed by atoms with Crippen LogP contribution in [0.2, 0.25) is 0 Å². The van der Waals surface area contributed by atoms with Crippen molar-refractivity contribution in [2.24, 2.45) is 16.1 Å². The van der Waals surface area contributed by atoms with Crippen molar-refractivity contribution >= 4 is 46.6 Å². The highest BCUT2D eigenvalue weighted by Crippen LogP contribution is 2.36. The van der Waals surface area contributed by atoms with Gasteiger partial charge in [-0.15, -0.1) is 10.2 Å². The fraction of sp³-hybridized carbons (Fsp3) is 0.600. The van der Waals surface area contributed by atoms with Gasteiger partial charge in [0.15, 0.2) is 5.82 Å². The summed E-state index contributed by atoms with van der Waals surface area (Å²) in [5.41, 5.74) is 1.49. The first kappa shape index (κ1) is 44.9. The topological polar surface area (TPSA) is 211 Å². The maximum absolute atomic E-state index is 13.5. The molecule has 0 spiro atoms. The summed E-state index contributed by atoms with van der Waals surface area (Å²) in [4.78, 5) is 41.5. The lowest BCUT2D eigenvalue weighted by molar-refractivity contribution is -0.120. The second-order valence-electron chi connectivity index (χ2n) is 14.6. The first-order chi connectivity index (χ1) is 26.8. The maximum atomic E-state index is 13.5. The largest absolute Gasteiger partial charge is 0.371 e. The van der Waals surface area contributed by atoms with Gasteiger partial charge < -0.3 is 20.3 Å². The number of unbranched alkanes of at least 4 members (excludes halogenated alkanes) is 2. The predicted octanol–water partition coefficient (Wildman–Crippen LogP) is 8.85. The van der Waals surface area contributed by atoms with E-state index < -0.39 is 5.41 Å². The molecule has 0 aliphatic rings. The molecule has 0 saturated carbocycles. The minimum Gasteiger partial charge on any atom is -0.371 e. The quantitative estimate of drug-likeness (QED) is 0.0649. The summed E-state index contributed by atoms with van der Waals surface area (Å²) >= 11 is 0. The van der Waals surface area contributed by atoms with Crippen LogP contribution in [-0.4, -0.2) is 62.5 Å². The van der Waals surface area contributed by atoms with E-state index in [1.54, 1.807) is 12.1 Å². The van der Waals surface area contributed by atoms with E-state index in [9.17, 15) is 14.9 Å². The third-order valence-corrected chi connectivity index (χ3v) is 9.17. The zero-order valence-corrected chi connectivity index (χ0v) is 34.6. The molecule has 0 aliphatic carbocycles. The molecular formula is C40H59N13O3. The second-order valence-corrected chi connectivity index (χ2v) is 14.6. The highest BCUT2D eigenvalue weighted by Gasteiger charge is 2.30. The van der Waals surface area contributed by atoms with Crippen molar-refractivity contribution in [2.45, 2.75) is 132 Å². The molecule has 302 valence electrons. The summed E-state index contributed by atoms with van der Waals surface area (Å²) in [6.45, 7) is 18.7. The molecule has 3 N–H and O–H groups in total. The average Bonchev–Trinajstić information content (AvgIpc) is 3.55. The SMILES string of the molecule is CCCCC(CC)OCNc1nc(NC(=O)C(CC)CCCC)nc(-n2nc(C(C)(C)C)c(C#N)c2N=Nc2ccc(N(CC)CCC#N)cc2NC(C)=O)n1. The lowest BCUT2D eigenvalue weighted by Gasteiger charge is -2.23. The molecule has 3 rings (SSSR count). The average molecular weight is 770 g/mol. The fourth-order valence-electron chi connectivity index (χ4n) is 5.96. The van der Waals surface area contributed by atoms with Crippen LogP contribution in [0.3, 0.4) is 0 Å². The van der Waals surface area contributed by atoms with E-state index >= 15 is 0 Å². The molecule has 56 heavy (non-hydrogen) atoms. The fourth-order valence-corrected chi connectivity index (χ4v) is 5.96. The van der Waals surface area contributed by atoms with Crippen molar-refractivity contribution in [3.63, 3.8) is 0 Å². The summed E-state index contributed by atoms with van der Waals surface area (Å²) < 4.78 is 7.43. The van der Waals surface area contributed by atoms with E-state index in [4.69, 9.17) is 15.1 Å². The van der Waals surface area contributed by atoms with Crippen molar-refractivity contribution in [3.8, 4) is 18.1 Å². The number of carbonyl (C=O) groups excluding carboxylic acids is 2. The molecule has 0 fully saturated rings. The van der Waals surface area contributed by atoms with E-state index in [0.29, 0.717) is 43.0 Å². The Morgan fingerprint density at radius 3 is 2.29 bits per heavy atom. The standard InChI is InChI=1S/C40H59N13O3/c1-10-15-18-28(12-3)36(55)45-38-46-37(43-26-56-30(13-4)19-16-11-2)47-39(48-38)53-35(31(25-42)34(51-53)40(7,8)9)50-49-32-21-20-29(24-33(32)44-27(6)54)52(14-5)23-17-22-41/h20-21,24,28,30H,10-19,23,26H2,1-9H3,(H,44,54)(H2,43,45,46,47,48,55). The van der Waals surface area contributed by atoms with Gasteiger partial charge in [-0.25, -0.2) is 0 Å². The number of hydrogen-bond acceptors (Lipinski definition) is 13. The number of anilines is 4. The van der Waals surface area contributed by atoms with Crippen molar-refractivity contribution in [2.75, 3.05) is 40.7 Å². The number of amides is 2. The van der Waals surface area contributed by atoms with Crippen LogP contribution >= 0.6 is 0 Å². The van der Waals surface area contributed by atoms with Crippen molar-refractivity contribution in [1.29, 1.82) is 10.5 Å². The van der Waals surface area contributed by atoms with E-state index in [-0.39, 0.29) is 59.8 Å². The zero-order valence-electron chi connectivity index (χ0n) is 34.6. The molecule has 0 radical (unpaired) electrons. The summed E-state index contributed by atoms with van der Waals surface area (Å²) in [5.74, 6) is -0.571. The summed E-state index contributed by atoms with van der Waals surface area (Å²) in [6.07, 6.45) is 7.53. The Morgan fingerprint density at radius 1 is 0.964 bits per heavy atom. The predicted molar refractivity (Wildman–Crippen MR) is 219 cm³/mol. The third kappa shape index (κ3) is 12.8. The molecule has 3 aromatic rings. The molecule has 1 aromatic carbocycles. The molecule has 2 atom stereocenters. The Hall–Kier alpha value is -5.48. The van der Waals surface area contributed by atoms with E-state index in [0.717, 1.165) is 50.6 Å². The van der Waals surface area contributed by atoms with Crippen LogP contribution in [0.25, 0.3) is 5.95 Å². The Bertz CT molecular complexity index is 1870. The number of carbonyl (C=O) groups is 2. The summed E-state index contributed by atoms with van der Waals surface area (Å²) in [6, 6.07) is 9.74. The van der Waals surface area contributed by atoms with Gasteiger partial charge in [0.05, 0.1) is 30.0 Å². The number of nitrogens with one attached hydrogen (secondary N) is 3. The number of rotatable bonds is 22. The molecule has 2 amide bonds. The normalized spacial score (nSPS) is 12.5. The van der Waals surface area contributed by atoms with Crippen LogP contribution in [0.4, 0.5) is 34.8 Å². The number of nitriles is 2. The number of azo groups is 1. The number of benzene rings is 1. The van der Waals surface area contributed by atoms with Crippen LogP contribution < -0.4 is 20.9 Å². The highest BCUT2D eigenvalue weighted by atomic mass is 16.5. The van der Waals surface area contributed by atoms with E-state index in [2.05, 4.69) is 74.0 Å². The summed E-state index contributed by atoms with van der Waals surface area (Å²) in [7, 11) is 0. The van der Waals surface area contributed by atoms with Crippen molar-refractivity contribution < 1.29 is 14.3 Å². The Labute approximate surface area is 331 Å². The molecule has 2 heterocycles. The molecule has 0 saturated heterocycles. The molecule has 0 bridgehead atoms. The number of hydrogen-bond donors (Lipinski definition) is 3. The zero-order chi connectivity index (χ0) is 41.3. The van der Waals surface area contributed by atoms with Gasteiger partial charge in [0.1, 0.15) is 24.1 Å². The van der Waals surface area contributed by atoms with Crippen LogP contribution in [0.5, 0.6) is 0 Å². The van der Waals surface area contributed by atoms with Gasteiger partial charge in [0, 0.05) is 37.0 Å². The molecule has 2 aromatic heterocycles. The number of ether oxygens (including phenoxy) is 1. The van der Waals surface area contributed by atoms with Gasteiger partial charge in [-0.05, 0) is 50.8 Å². The summed E-state index contributed by atoms with van der Waals surface area (Å²) in [5, 5.41) is 42.4. The minimum absolute atomic E-state index is 0.00471. The van der Waals surface area contributed by atoms with Gasteiger partial charge in [0.2, 0.25) is 23.7 Å². The monoisotopic (exact) mass is 769 g/mol. The van der Waals surface area contributed by atoms with Crippen LogP contribution in [-0.2, 0) is 19.7 Å². The van der Waals surface area contributed by atoms with Crippen LogP contribution in [0.15, 0.2) is 28.4 Å². The first-order valence-corrected chi connectivity index (χ1v) is 19.7. The number of aromatic nitrogens is 5. The van der Waals surface area contributed by atoms with Crippen LogP contribution in [0, 0.1) is 28.6 Å². The molecule has 16 nitrogen and oxygen atoms in total. The molecule has 16 heteroatoms. The van der Waals surface area contributed by atoms with Crippen molar-refractivity contribution in [1.82, 2.24) is 24.7 Å². The second kappa shape index (κ2) is 22.2. The third-order valence-electron chi connectivity index (χ3n) is 9.17. The van der Waals surface area contributed by atoms with Gasteiger partial charge in [-0.3, -0.25) is 14.9 Å². The Morgan fingerprint density at radius 2 is 1.68 bits per heavy atom.